The van der Waals surface area contributed by atoms with Crippen LogP contribution in [-0.2, 0) is 11.3 Å². The van der Waals surface area contributed by atoms with Crippen LogP contribution in [0.1, 0.15) is 48.2 Å². The molecule has 2 aromatic heterocycles. The average molecular weight is 612 g/mol. The van der Waals surface area contributed by atoms with Crippen LogP contribution in [0.5, 0.6) is 5.75 Å². The Labute approximate surface area is 261 Å². The Morgan fingerprint density at radius 1 is 1.07 bits per heavy atom. The Bertz CT molecular complexity index is 1760. The van der Waals surface area contributed by atoms with E-state index in [1.165, 1.54) is 12.8 Å². The summed E-state index contributed by atoms with van der Waals surface area (Å²) in [5.74, 6) is 0.0782. The second-order valence-electron chi connectivity index (χ2n) is 12.3. The van der Waals surface area contributed by atoms with Crippen LogP contribution in [0.15, 0.2) is 54.9 Å². The maximum Gasteiger partial charge on any atom is 0.270 e. The van der Waals surface area contributed by atoms with Gasteiger partial charge in [0.1, 0.15) is 11.4 Å². The van der Waals surface area contributed by atoms with E-state index >= 15 is 4.39 Å². The molecule has 0 bridgehead atoms. The van der Waals surface area contributed by atoms with Crippen LogP contribution in [0.3, 0.4) is 0 Å². The van der Waals surface area contributed by atoms with Crippen molar-refractivity contribution in [3.63, 3.8) is 0 Å². The summed E-state index contributed by atoms with van der Waals surface area (Å²) in [7, 11) is 3.77. The first-order valence-corrected chi connectivity index (χ1v) is 15.7. The van der Waals surface area contributed by atoms with Gasteiger partial charge in [-0.15, -0.1) is 5.10 Å². The summed E-state index contributed by atoms with van der Waals surface area (Å²) in [5, 5.41) is 8.36. The third-order valence-electron chi connectivity index (χ3n) is 9.51. The number of nitrogens with one attached hydrogen (secondary N) is 1. The fourth-order valence-corrected chi connectivity index (χ4v) is 6.78. The molecule has 2 aromatic carbocycles. The Morgan fingerprint density at radius 3 is 2.69 bits per heavy atom. The standard InChI is InChI=1S/C34H38FN7O3/c1-39(23-9-10-23)24-11-15-41(21-24)34(44)29-19-28-27(25-7-3-4-8-30(25)45-2)18-26(32(35)33(28)37-29)22-6-5-14-40(20-22)31(43)12-16-42-17-13-36-38-42/h3-4,6-8,13,17-19,23-24,37H,5,9-12,14-16,20-21H2,1-2H3. The number of likely N-dealkylation sites (N-methyl/N-ethyl adjacent to an activating group) is 1. The van der Waals surface area contributed by atoms with Crippen molar-refractivity contribution in [1.82, 2.24) is 34.7 Å². The van der Waals surface area contributed by atoms with Crippen molar-refractivity contribution >= 4 is 28.3 Å². The van der Waals surface area contributed by atoms with E-state index in [4.69, 9.17) is 4.74 Å². The first-order chi connectivity index (χ1) is 21.9. The molecule has 1 N–H and O–H groups in total. The van der Waals surface area contributed by atoms with Gasteiger partial charge < -0.3 is 19.5 Å². The van der Waals surface area contributed by atoms with Gasteiger partial charge in [0.25, 0.3) is 5.91 Å². The smallest absolute Gasteiger partial charge is 0.270 e. The molecule has 0 spiro atoms. The summed E-state index contributed by atoms with van der Waals surface area (Å²) >= 11 is 0. The normalized spacial score (nSPS) is 18.6. The minimum Gasteiger partial charge on any atom is -0.496 e. The average Bonchev–Trinajstić information content (AvgIpc) is 3.42. The number of rotatable bonds is 9. The van der Waals surface area contributed by atoms with Gasteiger partial charge in [0, 0.05) is 67.4 Å². The molecule has 1 atom stereocenters. The van der Waals surface area contributed by atoms with Gasteiger partial charge in [0.2, 0.25) is 5.91 Å². The monoisotopic (exact) mass is 611 g/mol. The zero-order valence-electron chi connectivity index (χ0n) is 25.7. The summed E-state index contributed by atoms with van der Waals surface area (Å²) in [6.07, 6.45) is 9.59. The van der Waals surface area contributed by atoms with E-state index in [2.05, 4.69) is 27.2 Å². The molecule has 2 fully saturated rings. The van der Waals surface area contributed by atoms with E-state index in [1.807, 2.05) is 41.3 Å². The highest BCUT2D eigenvalue weighted by molar-refractivity contribution is 6.05. The van der Waals surface area contributed by atoms with Gasteiger partial charge >= 0.3 is 0 Å². The molecule has 1 saturated heterocycles. The predicted octanol–water partition coefficient (Wildman–Crippen LogP) is 4.59. The second-order valence-corrected chi connectivity index (χ2v) is 12.3. The summed E-state index contributed by atoms with van der Waals surface area (Å²) in [6, 6.07) is 12.2. The Kier molecular flexibility index (Phi) is 7.87. The van der Waals surface area contributed by atoms with E-state index in [1.54, 1.807) is 35.2 Å². The molecule has 1 aliphatic carbocycles. The van der Waals surface area contributed by atoms with Crippen molar-refractivity contribution in [2.24, 2.45) is 0 Å². The fourth-order valence-electron chi connectivity index (χ4n) is 6.78. The molecular formula is C34H38FN7O3. The number of ether oxygens (including phenoxy) is 1. The number of hydrogen-bond acceptors (Lipinski definition) is 6. The number of aryl methyl sites for hydroxylation is 1. The van der Waals surface area contributed by atoms with Crippen LogP contribution < -0.4 is 4.74 Å². The lowest BCUT2D eigenvalue weighted by atomic mass is 9.93. The van der Waals surface area contributed by atoms with Gasteiger partial charge in [-0.05, 0) is 62.1 Å². The number of para-hydroxylation sites is 1. The van der Waals surface area contributed by atoms with Gasteiger partial charge in [-0.2, -0.15) is 0 Å². The number of methoxy groups -OCH3 is 1. The molecule has 7 rings (SSSR count). The molecule has 1 unspecified atom stereocenters. The van der Waals surface area contributed by atoms with Crippen molar-refractivity contribution in [2.45, 2.75) is 50.7 Å². The molecule has 45 heavy (non-hydrogen) atoms. The number of benzene rings is 2. The van der Waals surface area contributed by atoms with Crippen LogP contribution in [0.2, 0.25) is 0 Å². The van der Waals surface area contributed by atoms with E-state index in [0.29, 0.717) is 73.6 Å². The Morgan fingerprint density at radius 2 is 1.91 bits per heavy atom. The number of aromatic nitrogens is 4. The highest BCUT2D eigenvalue weighted by Gasteiger charge is 2.36. The van der Waals surface area contributed by atoms with Gasteiger partial charge in [0.15, 0.2) is 5.82 Å². The van der Waals surface area contributed by atoms with Gasteiger partial charge in [-0.3, -0.25) is 19.2 Å². The van der Waals surface area contributed by atoms with Crippen LogP contribution in [0.4, 0.5) is 4.39 Å². The van der Waals surface area contributed by atoms with Crippen molar-refractivity contribution in [3.05, 3.63) is 71.9 Å². The van der Waals surface area contributed by atoms with Gasteiger partial charge in [0.05, 0.1) is 25.4 Å². The lowest BCUT2D eigenvalue weighted by Gasteiger charge is -2.28. The molecule has 0 radical (unpaired) electrons. The number of carbonyl (C=O) groups is 2. The minimum atomic E-state index is -0.432. The topological polar surface area (TPSA) is 99.6 Å². The molecule has 2 amide bonds. The molecule has 11 heteroatoms. The molecule has 4 heterocycles. The SMILES string of the molecule is COc1ccccc1-c1cc(C2=CCCN(C(=O)CCn3ccnn3)C2)c(F)c2[nH]c(C(=O)N3CCC(N(C)C4CC4)C3)cc12. The second kappa shape index (κ2) is 12.1. The van der Waals surface area contributed by atoms with Gasteiger partial charge in [-0.1, -0.05) is 29.5 Å². The number of aromatic amines is 1. The number of halogens is 1. The number of H-pyrrole nitrogens is 1. The number of nitrogens with zero attached hydrogens (tertiary/aromatic N) is 6. The lowest BCUT2D eigenvalue weighted by molar-refractivity contribution is -0.131. The largest absolute Gasteiger partial charge is 0.496 e. The fraction of sp³-hybridized carbons (Fsp3) is 0.412. The Balaban J connectivity index is 1.22. The zero-order valence-corrected chi connectivity index (χ0v) is 25.7. The van der Waals surface area contributed by atoms with Crippen LogP contribution >= 0.6 is 0 Å². The molecule has 10 nitrogen and oxygen atoms in total. The maximum atomic E-state index is 16.6. The van der Waals surface area contributed by atoms with Crippen LogP contribution in [0, 0.1) is 5.82 Å². The van der Waals surface area contributed by atoms with E-state index in [9.17, 15) is 9.59 Å². The predicted molar refractivity (Wildman–Crippen MR) is 169 cm³/mol. The third-order valence-corrected chi connectivity index (χ3v) is 9.51. The zero-order chi connectivity index (χ0) is 31.1. The summed E-state index contributed by atoms with van der Waals surface area (Å²) in [5.41, 5.74) is 3.35. The van der Waals surface area contributed by atoms with Crippen molar-refractivity contribution in [1.29, 1.82) is 0 Å². The van der Waals surface area contributed by atoms with E-state index in [0.717, 1.165) is 23.1 Å². The quantitative estimate of drug-likeness (QED) is 0.297. The molecular weight excluding hydrogens is 573 g/mol. The van der Waals surface area contributed by atoms with Crippen molar-refractivity contribution in [2.75, 3.05) is 40.3 Å². The molecule has 2 aliphatic heterocycles. The highest BCUT2D eigenvalue weighted by atomic mass is 19.1. The van der Waals surface area contributed by atoms with E-state index < -0.39 is 5.82 Å². The van der Waals surface area contributed by atoms with E-state index in [-0.39, 0.29) is 23.8 Å². The van der Waals surface area contributed by atoms with Crippen LogP contribution in [-0.4, -0.2) is 98.9 Å². The first-order valence-electron chi connectivity index (χ1n) is 15.7. The van der Waals surface area contributed by atoms with Crippen LogP contribution in [0.25, 0.3) is 27.6 Å². The number of hydrogen-bond donors (Lipinski definition) is 1. The number of amides is 2. The minimum absolute atomic E-state index is 0.0217. The Hall–Kier alpha value is -4.51. The molecule has 3 aliphatic rings. The van der Waals surface area contributed by atoms with Gasteiger partial charge in [-0.25, -0.2) is 4.39 Å². The molecule has 4 aromatic rings. The number of likely N-dealkylation sites (tertiary alicyclic amines) is 1. The lowest BCUT2D eigenvalue weighted by Crippen LogP contribution is -2.37. The summed E-state index contributed by atoms with van der Waals surface area (Å²) in [4.78, 5) is 36.1. The maximum absolute atomic E-state index is 16.6. The molecule has 234 valence electrons. The number of carbonyl (C=O) groups excluding carboxylic acids is 2. The summed E-state index contributed by atoms with van der Waals surface area (Å²) < 4.78 is 23.9. The van der Waals surface area contributed by atoms with Crippen molar-refractivity contribution < 1.29 is 18.7 Å². The summed E-state index contributed by atoms with van der Waals surface area (Å²) in [6.45, 7) is 2.64. The van der Waals surface area contributed by atoms with Crippen molar-refractivity contribution in [3.8, 4) is 16.9 Å². The first kappa shape index (κ1) is 29.2. The number of fused-ring (bicyclic) bond motifs is 1. The highest BCUT2D eigenvalue weighted by Crippen LogP contribution is 2.40. The third kappa shape index (κ3) is 5.72. The molecule has 1 saturated carbocycles.